The Labute approximate surface area is 112 Å². The highest BCUT2D eigenvalue weighted by atomic mass is 16.5. The molecule has 0 aliphatic carbocycles. The van der Waals surface area contributed by atoms with Crippen LogP contribution in [0.4, 0.5) is 5.69 Å². The SMILES string of the molecule is COC(=O)c1ccnc(OCCOCC(C)C)c1N. The molecule has 0 unspecified atom stereocenters. The quantitative estimate of drug-likeness (QED) is 0.596. The second-order valence-electron chi connectivity index (χ2n) is 4.39. The molecule has 0 saturated carbocycles. The van der Waals surface area contributed by atoms with Crippen LogP contribution in [-0.4, -0.2) is 37.9 Å². The van der Waals surface area contributed by atoms with Gasteiger partial charge in [-0.05, 0) is 12.0 Å². The molecule has 0 bridgehead atoms. The zero-order valence-electron chi connectivity index (χ0n) is 11.5. The van der Waals surface area contributed by atoms with Crippen LogP contribution in [0.1, 0.15) is 24.2 Å². The molecule has 0 saturated heterocycles. The lowest BCUT2D eigenvalue weighted by Gasteiger charge is -2.11. The molecule has 1 aromatic heterocycles. The smallest absolute Gasteiger partial charge is 0.340 e. The van der Waals surface area contributed by atoms with Gasteiger partial charge in [0.25, 0.3) is 0 Å². The molecule has 0 aliphatic heterocycles. The summed E-state index contributed by atoms with van der Waals surface area (Å²) >= 11 is 0. The van der Waals surface area contributed by atoms with Crippen molar-refractivity contribution in [3.63, 3.8) is 0 Å². The molecule has 0 atom stereocenters. The van der Waals surface area contributed by atoms with E-state index in [2.05, 4.69) is 23.6 Å². The van der Waals surface area contributed by atoms with Gasteiger partial charge < -0.3 is 19.9 Å². The van der Waals surface area contributed by atoms with Crippen LogP contribution in [0.5, 0.6) is 5.88 Å². The maximum atomic E-state index is 11.4. The summed E-state index contributed by atoms with van der Waals surface area (Å²) in [6.45, 7) is 5.59. The average molecular weight is 268 g/mol. The van der Waals surface area contributed by atoms with E-state index in [4.69, 9.17) is 15.2 Å². The van der Waals surface area contributed by atoms with E-state index >= 15 is 0 Å². The van der Waals surface area contributed by atoms with Gasteiger partial charge in [-0.25, -0.2) is 9.78 Å². The Morgan fingerprint density at radius 2 is 2.16 bits per heavy atom. The zero-order chi connectivity index (χ0) is 14.3. The molecule has 1 rings (SSSR count). The Bertz CT molecular complexity index is 421. The third kappa shape index (κ3) is 4.75. The minimum atomic E-state index is -0.513. The summed E-state index contributed by atoms with van der Waals surface area (Å²) in [6, 6.07) is 1.49. The summed E-state index contributed by atoms with van der Waals surface area (Å²) in [4.78, 5) is 15.4. The predicted molar refractivity (Wildman–Crippen MR) is 71.1 cm³/mol. The van der Waals surface area contributed by atoms with Crippen molar-refractivity contribution in [2.45, 2.75) is 13.8 Å². The van der Waals surface area contributed by atoms with Gasteiger partial charge in [0.1, 0.15) is 12.3 Å². The number of rotatable bonds is 7. The van der Waals surface area contributed by atoms with Gasteiger partial charge in [-0.2, -0.15) is 0 Å². The Morgan fingerprint density at radius 3 is 2.79 bits per heavy atom. The lowest BCUT2D eigenvalue weighted by atomic mass is 10.2. The molecule has 0 aromatic carbocycles. The second-order valence-corrected chi connectivity index (χ2v) is 4.39. The van der Waals surface area contributed by atoms with Crippen LogP contribution < -0.4 is 10.5 Å². The van der Waals surface area contributed by atoms with Gasteiger partial charge >= 0.3 is 5.97 Å². The van der Waals surface area contributed by atoms with Crippen molar-refractivity contribution in [3.8, 4) is 5.88 Å². The molecule has 1 heterocycles. The van der Waals surface area contributed by atoms with E-state index in [1.54, 1.807) is 0 Å². The molecule has 6 nitrogen and oxygen atoms in total. The van der Waals surface area contributed by atoms with Crippen LogP contribution in [0.25, 0.3) is 0 Å². The van der Waals surface area contributed by atoms with E-state index in [1.165, 1.54) is 19.4 Å². The molecule has 0 aliphatic rings. The van der Waals surface area contributed by atoms with Crippen LogP contribution in [0.15, 0.2) is 12.3 Å². The second kappa shape index (κ2) is 7.58. The van der Waals surface area contributed by atoms with Gasteiger partial charge in [-0.3, -0.25) is 0 Å². The number of nitrogen functional groups attached to an aromatic ring is 1. The number of nitrogens with two attached hydrogens (primary N) is 1. The van der Waals surface area contributed by atoms with E-state index in [1.807, 2.05) is 0 Å². The fourth-order valence-electron chi connectivity index (χ4n) is 1.37. The molecule has 0 amide bonds. The highest BCUT2D eigenvalue weighted by Gasteiger charge is 2.14. The third-order valence-corrected chi connectivity index (χ3v) is 2.28. The number of carbonyl (C=O) groups is 1. The minimum Gasteiger partial charge on any atom is -0.474 e. The van der Waals surface area contributed by atoms with Crippen molar-refractivity contribution < 1.29 is 19.0 Å². The highest BCUT2D eigenvalue weighted by Crippen LogP contribution is 2.22. The summed E-state index contributed by atoms with van der Waals surface area (Å²) in [6.07, 6.45) is 1.45. The van der Waals surface area contributed by atoms with Crippen molar-refractivity contribution >= 4 is 11.7 Å². The topological polar surface area (TPSA) is 83.7 Å². The van der Waals surface area contributed by atoms with E-state index in [0.29, 0.717) is 25.7 Å². The highest BCUT2D eigenvalue weighted by molar-refractivity contribution is 5.95. The van der Waals surface area contributed by atoms with Crippen LogP contribution in [0.3, 0.4) is 0 Å². The summed E-state index contributed by atoms with van der Waals surface area (Å²) in [5.74, 6) is 0.183. The van der Waals surface area contributed by atoms with Gasteiger partial charge in [0.15, 0.2) is 0 Å². The number of hydrogen-bond donors (Lipinski definition) is 1. The molecule has 19 heavy (non-hydrogen) atoms. The van der Waals surface area contributed by atoms with Crippen molar-refractivity contribution in [2.75, 3.05) is 32.7 Å². The minimum absolute atomic E-state index is 0.179. The first-order chi connectivity index (χ1) is 9.06. The fourth-order valence-corrected chi connectivity index (χ4v) is 1.37. The standard InChI is InChI=1S/C13H20N2O4/c1-9(2)8-18-6-7-19-12-11(14)10(4-5-15-12)13(16)17-3/h4-5,9H,6-8,14H2,1-3H3. The number of methoxy groups -OCH3 is 1. The number of esters is 1. The van der Waals surface area contributed by atoms with E-state index in [-0.39, 0.29) is 17.1 Å². The number of aromatic nitrogens is 1. The first kappa shape index (κ1) is 15.2. The molecule has 106 valence electrons. The maximum Gasteiger partial charge on any atom is 0.340 e. The maximum absolute atomic E-state index is 11.4. The van der Waals surface area contributed by atoms with Gasteiger partial charge in [0.05, 0.1) is 19.3 Å². The molecule has 2 N–H and O–H groups in total. The fraction of sp³-hybridized carbons (Fsp3) is 0.538. The lowest BCUT2D eigenvalue weighted by Crippen LogP contribution is -2.13. The van der Waals surface area contributed by atoms with Gasteiger partial charge in [-0.1, -0.05) is 13.8 Å². The number of nitrogens with zero attached hydrogens (tertiary/aromatic N) is 1. The van der Waals surface area contributed by atoms with Crippen LogP contribution in [0.2, 0.25) is 0 Å². The number of pyridine rings is 1. The third-order valence-electron chi connectivity index (χ3n) is 2.28. The van der Waals surface area contributed by atoms with Crippen molar-refractivity contribution in [2.24, 2.45) is 5.92 Å². The summed E-state index contributed by atoms with van der Waals surface area (Å²) in [7, 11) is 1.29. The molecule has 0 radical (unpaired) electrons. The first-order valence-corrected chi connectivity index (χ1v) is 6.09. The lowest BCUT2D eigenvalue weighted by molar-refractivity contribution is 0.0600. The largest absolute Gasteiger partial charge is 0.474 e. The van der Waals surface area contributed by atoms with E-state index < -0.39 is 5.97 Å². The number of anilines is 1. The average Bonchev–Trinajstić information content (AvgIpc) is 2.39. The Morgan fingerprint density at radius 1 is 1.42 bits per heavy atom. The molecule has 0 fully saturated rings. The summed E-state index contributed by atoms with van der Waals surface area (Å²) in [5, 5.41) is 0. The monoisotopic (exact) mass is 268 g/mol. The van der Waals surface area contributed by atoms with Crippen LogP contribution in [0, 0.1) is 5.92 Å². The Balaban J connectivity index is 2.52. The van der Waals surface area contributed by atoms with Gasteiger partial charge in [-0.15, -0.1) is 0 Å². The van der Waals surface area contributed by atoms with Gasteiger partial charge in [0, 0.05) is 12.8 Å². The van der Waals surface area contributed by atoms with E-state index in [0.717, 1.165) is 0 Å². The Hall–Kier alpha value is -1.82. The number of ether oxygens (including phenoxy) is 3. The van der Waals surface area contributed by atoms with Crippen molar-refractivity contribution in [1.29, 1.82) is 0 Å². The molecule has 0 spiro atoms. The van der Waals surface area contributed by atoms with Gasteiger partial charge in [0.2, 0.25) is 5.88 Å². The predicted octanol–water partition coefficient (Wildman–Crippen LogP) is 1.50. The normalized spacial score (nSPS) is 10.5. The molecule has 6 heteroatoms. The van der Waals surface area contributed by atoms with Crippen LogP contribution in [-0.2, 0) is 9.47 Å². The number of carbonyl (C=O) groups excluding carboxylic acids is 1. The van der Waals surface area contributed by atoms with E-state index in [9.17, 15) is 4.79 Å². The summed E-state index contributed by atoms with van der Waals surface area (Å²) in [5.41, 5.74) is 6.22. The number of hydrogen-bond acceptors (Lipinski definition) is 6. The summed E-state index contributed by atoms with van der Waals surface area (Å²) < 4.78 is 15.4. The zero-order valence-corrected chi connectivity index (χ0v) is 11.5. The Kier molecular flexibility index (Phi) is 6.08. The molecular formula is C13H20N2O4. The van der Waals surface area contributed by atoms with Crippen LogP contribution >= 0.6 is 0 Å². The van der Waals surface area contributed by atoms with Crippen molar-refractivity contribution in [1.82, 2.24) is 4.98 Å². The van der Waals surface area contributed by atoms with Crippen molar-refractivity contribution in [3.05, 3.63) is 17.8 Å². The molecule has 1 aromatic rings. The molecular weight excluding hydrogens is 248 g/mol. The first-order valence-electron chi connectivity index (χ1n) is 6.09.